The van der Waals surface area contributed by atoms with Crippen LogP contribution in [-0.2, 0) is 0 Å². The Kier molecular flexibility index (Phi) is 4.20. The van der Waals surface area contributed by atoms with Gasteiger partial charge in [-0.15, -0.1) is 0 Å². The van der Waals surface area contributed by atoms with Crippen LogP contribution in [0, 0.1) is 0 Å². The Balaban J connectivity index is 2.30. The Bertz CT molecular complexity index is 91.0. The van der Waals surface area contributed by atoms with Gasteiger partial charge in [0.05, 0.1) is 0 Å². The summed E-state index contributed by atoms with van der Waals surface area (Å²) in [5.74, 6) is 0. The Hall–Kier alpha value is 0.217. The maximum Gasteiger partial charge on any atom is 0.0393 e. The number of hydrogen-bond acceptors (Lipinski definition) is 0. The van der Waals surface area contributed by atoms with Crippen LogP contribution < -0.4 is 0 Å². The highest BCUT2D eigenvalue weighted by Crippen LogP contribution is 2.33. The Morgan fingerprint density at radius 3 is 2.00 bits per heavy atom. The molecule has 0 aromatic rings. The van der Waals surface area contributed by atoms with Crippen LogP contribution in [-0.4, -0.2) is 8.80 Å². The maximum absolute atomic E-state index is 2.41. The molecule has 0 atom stereocenters. The third kappa shape index (κ3) is 2.62. The largest absolute Gasteiger partial charge is 0.0680 e. The van der Waals surface area contributed by atoms with Gasteiger partial charge in [-0.2, -0.15) is 0 Å². The van der Waals surface area contributed by atoms with Crippen LogP contribution in [0.5, 0.6) is 0 Å². The van der Waals surface area contributed by atoms with Gasteiger partial charge < -0.3 is 0 Å². The topological polar surface area (TPSA) is 0 Å². The molecular weight excluding hydrogens is 148 g/mol. The molecule has 1 heteroatoms. The fraction of sp³-hybridized carbons (Fsp3) is 1.00. The summed E-state index contributed by atoms with van der Waals surface area (Å²) in [6.45, 7) is 4.82. The lowest BCUT2D eigenvalue weighted by Gasteiger charge is -2.27. The van der Waals surface area contributed by atoms with Crippen LogP contribution in [0.15, 0.2) is 0 Å². The van der Waals surface area contributed by atoms with Crippen molar-refractivity contribution in [2.45, 2.75) is 63.6 Å². The highest BCUT2D eigenvalue weighted by Gasteiger charge is 2.21. The lowest BCUT2D eigenvalue weighted by molar-refractivity contribution is 0.495. The first-order valence-electron chi connectivity index (χ1n) is 5.38. The quantitative estimate of drug-likeness (QED) is 0.568. The van der Waals surface area contributed by atoms with Gasteiger partial charge in [0, 0.05) is 8.80 Å². The van der Waals surface area contributed by atoms with Crippen LogP contribution in [0.25, 0.3) is 0 Å². The first-order chi connectivity index (χ1) is 5.38. The molecule has 66 valence electrons. The summed E-state index contributed by atoms with van der Waals surface area (Å²) in [5, 5.41) is 0. The first kappa shape index (κ1) is 9.31. The van der Waals surface area contributed by atoms with Gasteiger partial charge in [0.1, 0.15) is 0 Å². The van der Waals surface area contributed by atoms with Crippen molar-refractivity contribution in [1.82, 2.24) is 0 Å². The summed E-state index contributed by atoms with van der Waals surface area (Å²) in [6, 6.07) is 3.09. The van der Waals surface area contributed by atoms with Crippen molar-refractivity contribution in [3.8, 4) is 0 Å². The summed E-state index contributed by atoms with van der Waals surface area (Å²) >= 11 is 0. The number of hydrogen-bond donors (Lipinski definition) is 0. The average molecular weight is 170 g/mol. The molecule has 0 radical (unpaired) electrons. The predicted molar refractivity (Wildman–Crippen MR) is 54.9 cm³/mol. The minimum atomic E-state index is -0.273. The zero-order valence-electron chi connectivity index (χ0n) is 8.10. The molecule has 0 aliphatic heterocycles. The van der Waals surface area contributed by atoms with Gasteiger partial charge in [-0.05, 0) is 5.54 Å². The van der Waals surface area contributed by atoms with Crippen LogP contribution >= 0.6 is 0 Å². The average Bonchev–Trinajstić information content (AvgIpc) is 2.09. The standard InChI is InChI=1S/C10H22Si/c1-3-11(4-2)10-8-6-5-7-9-10/h10-11H,3-9H2,1-2H3. The van der Waals surface area contributed by atoms with Crippen molar-refractivity contribution in [2.75, 3.05) is 0 Å². The smallest absolute Gasteiger partial charge is 0.0393 e. The summed E-state index contributed by atoms with van der Waals surface area (Å²) in [6.07, 6.45) is 7.75. The molecule has 0 saturated heterocycles. The molecular formula is C10H22Si. The molecule has 0 nitrogen and oxygen atoms in total. The molecule has 0 spiro atoms. The van der Waals surface area contributed by atoms with E-state index >= 15 is 0 Å². The van der Waals surface area contributed by atoms with Gasteiger partial charge in [0.2, 0.25) is 0 Å². The Labute approximate surface area is 73.0 Å². The molecule has 0 aromatic carbocycles. The van der Waals surface area contributed by atoms with Gasteiger partial charge in [-0.1, -0.05) is 58.0 Å². The molecule has 1 aliphatic rings. The lowest BCUT2D eigenvalue weighted by Crippen LogP contribution is -2.20. The predicted octanol–water partition coefficient (Wildman–Crippen LogP) is 3.59. The zero-order valence-corrected chi connectivity index (χ0v) is 9.26. The van der Waals surface area contributed by atoms with E-state index in [0.717, 1.165) is 0 Å². The third-order valence-electron chi connectivity index (χ3n) is 3.37. The van der Waals surface area contributed by atoms with Crippen molar-refractivity contribution < 1.29 is 0 Å². The molecule has 0 amide bonds. The van der Waals surface area contributed by atoms with E-state index in [-0.39, 0.29) is 8.80 Å². The van der Waals surface area contributed by atoms with E-state index < -0.39 is 0 Å². The molecule has 1 rings (SSSR count). The second kappa shape index (κ2) is 4.97. The monoisotopic (exact) mass is 170 g/mol. The fourth-order valence-electron chi connectivity index (χ4n) is 2.56. The van der Waals surface area contributed by atoms with E-state index in [1.165, 1.54) is 24.8 Å². The summed E-state index contributed by atoms with van der Waals surface area (Å²) in [4.78, 5) is 0. The highest BCUT2D eigenvalue weighted by molar-refractivity contribution is 6.60. The molecule has 0 N–H and O–H groups in total. The van der Waals surface area contributed by atoms with Crippen molar-refractivity contribution in [3.63, 3.8) is 0 Å². The van der Waals surface area contributed by atoms with Crippen LogP contribution in [0.2, 0.25) is 17.6 Å². The van der Waals surface area contributed by atoms with Crippen molar-refractivity contribution in [1.29, 1.82) is 0 Å². The second-order valence-electron chi connectivity index (χ2n) is 3.97. The summed E-state index contributed by atoms with van der Waals surface area (Å²) in [7, 11) is -0.273. The van der Waals surface area contributed by atoms with E-state index in [4.69, 9.17) is 0 Å². The Morgan fingerprint density at radius 1 is 1.00 bits per heavy atom. The molecule has 0 bridgehead atoms. The second-order valence-corrected chi connectivity index (χ2v) is 8.07. The zero-order chi connectivity index (χ0) is 8.10. The van der Waals surface area contributed by atoms with Gasteiger partial charge in [-0.25, -0.2) is 0 Å². The van der Waals surface area contributed by atoms with E-state index in [1.54, 1.807) is 24.9 Å². The van der Waals surface area contributed by atoms with Crippen molar-refractivity contribution in [3.05, 3.63) is 0 Å². The van der Waals surface area contributed by atoms with Crippen LogP contribution in [0.1, 0.15) is 46.0 Å². The van der Waals surface area contributed by atoms with Gasteiger partial charge >= 0.3 is 0 Å². The van der Waals surface area contributed by atoms with Gasteiger partial charge in [0.15, 0.2) is 0 Å². The van der Waals surface area contributed by atoms with Gasteiger partial charge in [-0.3, -0.25) is 0 Å². The van der Waals surface area contributed by atoms with Crippen LogP contribution in [0.4, 0.5) is 0 Å². The van der Waals surface area contributed by atoms with Crippen LogP contribution in [0.3, 0.4) is 0 Å². The molecule has 11 heavy (non-hydrogen) atoms. The normalized spacial score (nSPS) is 21.0. The molecule has 1 aliphatic carbocycles. The lowest BCUT2D eigenvalue weighted by atomic mass is 10.0. The van der Waals surface area contributed by atoms with E-state index in [0.29, 0.717) is 0 Å². The summed E-state index contributed by atoms with van der Waals surface area (Å²) in [5.41, 5.74) is 1.22. The van der Waals surface area contributed by atoms with Crippen molar-refractivity contribution >= 4 is 8.80 Å². The van der Waals surface area contributed by atoms with E-state index in [2.05, 4.69) is 13.8 Å². The van der Waals surface area contributed by atoms with E-state index in [9.17, 15) is 0 Å². The molecule has 0 heterocycles. The maximum atomic E-state index is 2.41. The molecule has 1 saturated carbocycles. The SMILES string of the molecule is CC[SiH](CC)C1CCCCC1. The Morgan fingerprint density at radius 2 is 1.55 bits per heavy atom. The highest BCUT2D eigenvalue weighted by atomic mass is 28.3. The minimum Gasteiger partial charge on any atom is -0.0680 e. The molecule has 1 fully saturated rings. The van der Waals surface area contributed by atoms with Crippen molar-refractivity contribution in [2.24, 2.45) is 0 Å². The minimum absolute atomic E-state index is 0.273. The van der Waals surface area contributed by atoms with E-state index in [1.807, 2.05) is 0 Å². The molecule has 0 aromatic heterocycles. The summed E-state index contributed by atoms with van der Waals surface area (Å²) < 4.78 is 0. The first-order valence-corrected chi connectivity index (χ1v) is 7.68. The fourth-order valence-corrected chi connectivity index (χ4v) is 5.89. The van der Waals surface area contributed by atoms with Gasteiger partial charge in [0.25, 0.3) is 0 Å². The third-order valence-corrected chi connectivity index (χ3v) is 7.46. The molecule has 0 unspecified atom stereocenters. The number of rotatable bonds is 3.